The third kappa shape index (κ3) is 4.43. The van der Waals surface area contributed by atoms with Gasteiger partial charge in [-0.05, 0) is 12.8 Å². The number of nitrogens with zero attached hydrogens (tertiary/aromatic N) is 3. The SMILES string of the molecule is COCCC(=O)N1CCC(NCc2c(Cl)cnn2C)CC1. The van der Waals surface area contributed by atoms with Gasteiger partial charge < -0.3 is 15.0 Å². The zero-order chi connectivity index (χ0) is 15.2. The van der Waals surface area contributed by atoms with E-state index in [1.165, 1.54) is 0 Å². The Morgan fingerprint density at radius 1 is 1.52 bits per heavy atom. The van der Waals surface area contributed by atoms with Crippen LogP contribution in [-0.4, -0.2) is 53.4 Å². The lowest BCUT2D eigenvalue weighted by atomic mass is 10.0. The number of methoxy groups -OCH3 is 1. The van der Waals surface area contributed by atoms with Gasteiger partial charge in [0.2, 0.25) is 5.91 Å². The number of ether oxygens (including phenoxy) is 1. The highest BCUT2D eigenvalue weighted by molar-refractivity contribution is 6.31. The maximum atomic E-state index is 11.9. The van der Waals surface area contributed by atoms with Crippen LogP contribution in [0.1, 0.15) is 25.0 Å². The quantitative estimate of drug-likeness (QED) is 0.857. The molecule has 0 aromatic carbocycles. The number of hydrogen-bond acceptors (Lipinski definition) is 4. The van der Waals surface area contributed by atoms with Crippen molar-refractivity contribution in [3.05, 3.63) is 16.9 Å². The molecule has 0 atom stereocenters. The Bertz CT molecular complexity index is 450. The first-order chi connectivity index (χ1) is 10.1. The lowest BCUT2D eigenvalue weighted by Gasteiger charge is -2.32. The van der Waals surface area contributed by atoms with Gasteiger partial charge in [-0.1, -0.05) is 11.6 Å². The van der Waals surface area contributed by atoms with Crippen LogP contribution in [0.4, 0.5) is 0 Å². The van der Waals surface area contributed by atoms with E-state index in [4.69, 9.17) is 16.3 Å². The standard InChI is InChI=1S/C14H23ClN4O2/c1-18-13(12(15)9-17-18)10-16-11-3-6-19(7-4-11)14(20)5-8-21-2/h9,11,16H,3-8,10H2,1-2H3. The van der Waals surface area contributed by atoms with Crippen molar-refractivity contribution in [3.63, 3.8) is 0 Å². The molecule has 2 rings (SSSR count). The van der Waals surface area contributed by atoms with Crippen molar-refractivity contribution in [1.82, 2.24) is 20.0 Å². The fraction of sp³-hybridized carbons (Fsp3) is 0.714. The summed E-state index contributed by atoms with van der Waals surface area (Å²) in [4.78, 5) is 13.8. The zero-order valence-electron chi connectivity index (χ0n) is 12.6. The molecule has 0 radical (unpaired) electrons. The topological polar surface area (TPSA) is 59.4 Å². The second kappa shape index (κ2) is 7.77. The second-order valence-electron chi connectivity index (χ2n) is 5.34. The Hall–Kier alpha value is -1.11. The molecule has 1 aromatic rings. The van der Waals surface area contributed by atoms with Crippen molar-refractivity contribution in [2.45, 2.75) is 31.8 Å². The van der Waals surface area contributed by atoms with E-state index in [0.29, 0.717) is 30.6 Å². The highest BCUT2D eigenvalue weighted by Crippen LogP contribution is 2.16. The average Bonchev–Trinajstić information content (AvgIpc) is 2.82. The fourth-order valence-corrected chi connectivity index (χ4v) is 2.79. The summed E-state index contributed by atoms with van der Waals surface area (Å²) in [7, 11) is 3.51. The molecule has 0 aliphatic carbocycles. The van der Waals surface area contributed by atoms with Gasteiger partial charge in [0.15, 0.2) is 0 Å². The van der Waals surface area contributed by atoms with Crippen LogP contribution in [0.5, 0.6) is 0 Å². The Balaban J connectivity index is 1.73. The second-order valence-corrected chi connectivity index (χ2v) is 5.75. The molecule has 118 valence electrons. The number of aryl methyl sites for hydroxylation is 1. The molecule has 21 heavy (non-hydrogen) atoms. The van der Waals surface area contributed by atoms with Crippen LogP contribution in [0, 0.1) is 0 Å². The number of aromatic nitrogens is 2. The van der Waals surface area contributed by atoms with E-state index in [2.05, 4.69) is 10.4 Å². The van der Waals surface area contributed by atoms with Gasteiger partial charge in [-0.15, -0.1) is 0 Å². The minimum absolute atomic E-state index is 0.185. The number of halogens is 1. The monoisotopic (exact) mass is 314 g/mol. The van der Waals surface area contributed by atoms with E-state index in [0.717, 1.165) is 31.6 Å². The molecule has 0 unspecified atom stereocenters. The van der Waals surface area contributed by atoms with Crippen LogP contribution in [-0.2, 0) is 23.1 Å². The minimum atomic E-state index is 0.185. The van der Waals surface area contributed by atoms with E-state index >= 15 is 0 Å². The van der Waals surface area contributed by atoms with Crippen molar-refractivity contribution in [2.24, 2.45) is 7.05 Å². The number of rotatable bonds is 6. The summed E-state index contributed by atoms with van der Waals surface area (Å²) in [5.74, 6) is 0.185. The number of amides is 1. The number of nitrogens with one attached hydrogen (secondary N) is 1. The molecule has 2 heterocycles. The van der Waals surface area contributed by atoms with Gasteiger partial charge in [0, 0.05) is 39.8 Å². The van der Waals surface area contributed by atoms with Crippen LogP contribution in [0.3, 0.4) is 0 Å². The summed E-state index contributed by atoms with van der Waals surface area (Å²) in [5, 5.41) is 8.32. The first-order valence-electron chi connectivity index (χ1n) is 7.28. The molecule has 1 aliphatic rings. The van der Waals surface area contributed by atoms with E-state index in [9.17, 15) is 4.79 Å². The van der Waals surface area contributed by atoms with Crippen molar-refractivity contribution in [1.29, 1.82) is 0 Å². The lowest BCUT2D eigenvalue weighted by Crippen LogP contribution is -2.45. The van der Waals surface area contributed by atoms with Gasteiger partial charge in [-0.3, -0.25) is 9.48 Å². The Kier molecular flexibility index (Phi) is 6.02. The average molecular weight is 315 g/mol. The molecule has 1 saturated heterocycles. The predicted octanol–water partition coefficient (Wildman–Crippen LogP) is 1.19. The fourth-order valence-electron chi connectivity index (χ4n) is 2.56. The maximum absolute atomic E-state index is 11.9. The molecule has 1 N–H and O–H groups in total. The van der Waals surface area contributed by atoms with Gasteiger partial charge >= 0.3 is 0 Å². The normalized spacial score (nSPS) is 16.4. The van der Waals surface area contributed by atoms with Crippen LogP contribution < -0.4 is 5.32 Å². The summed E-state index contributed by atoms with van der Waals surface area (Å²) < 4.78 is 6.74. The van der Waals surface area contributed by atoms with Crippen molar-refractivity contribution in [2.75, 3.05) is 26.8 Å². The van der Waals surface area contributed by atoms with Crippen molar-refractivity contribution < 1.29 is 9.53 Å². The number of piperidine rings is 1. The molecular weight excluding hydrogens is 292 g/mol. The number of carbonyl (C=O) groups is 1. The first kappa shape index (κ1) is 16.3. The number of carbonyl (C=O) groups excluding carboxylic acids is 1. The molecule has 1 fully saturated rings. The van der Waals surface area contributed by atoms with E-state index < -0.39 is 0 Å². The molecule has 0 spiro atoms. The summed E-state index contributed by atoms with van der Waals surface area (Å²) in [5.41, 5.74) is 0.996. The van der Waals surface area contributed by atoms with Crippen LogP contribution in [0.15, 0.2) is 6.20 Å². The van der Waals surface area contributed by atoms with Gasteiger partial charge in [-0.25, -0.2) is 0 Å². The molecule has 0 bridgehead atoms. The third-order valence-electron chi connectivity index (χ3n) is 3.94. The van der Waals surface area contributed by atoms with Crippen molar-refractivity contribution in [3.8, 4) is 0 Å². The summed E-state index contributed by atoms with van der Waals surface area (Å²) in [6.07, 6.45) is 4.07. The molecule has 6 nitrogen and oxygen atoms in total. The molecule has 7 heteroatoms. The van der Waals surface area contributed by atoms with Crippen molar-refractivity contribution >= 4 is 17.5 Å². The van der Waals surface area contributed by atoms with Gasteiger partial charge in [0.25, 0.3) is 0 Å². The molecule has 1 aliphatic heterocycles. The smallest absolute Gasteiger partial charge is 0.224 e. The van der Waals surface area contributed by atoms with Crippen LogP contribution in [0.2, 0.25) is 5.02 Å². The van der Waals surface area contributed by atoms with Gasteiger partial charge in [-0.2, -0.15) is 5.10 Å². The first-order valence-corrected chi connectivity index (χ1v) is 7.66. The van der Waals surface area contributed by atoms with E-state index in [1.807, 2.05) is 11.9 Å². The number of hydrogen-bond donors (Lipinski definition) is 1. The van der Waals surface area contributed by atoms with Gasteiger partial charge in [0.1, 0.15) is 0 Å². The van der Waals surface area contributed by atoms with Gasteiger partial charge in [0.05, 0.1) is 29.9 Å². The molecule has 1 aromatic heterocycles. The van der Waals surface area contributed by atoms with Crippen LogP contribution in [0.25, 0.3) is 0 Å². The highest BCUT2D eigenvalue weighted by atomic mass is 35.5. The Morgan fingerprint density at radius 3 is 2.81 bits per heavy atom. The lowest BCUT2D eigenvalue weighted by molar-refractivity contribution is -0.133. The summed E-state index contributed by atoms with van der Waals surface area (Å²) in [6, 6.07) is 0.419. The minimum Gasteiger partial charge on any atom is -0.384 e. The molecule has 0 saturated carbocycles. The third-order valence-corrected chi connectivity index (χ3v) is 4.25. The Morgan fingerprint density at radius 2 is 2.24 bits per heavy atom. The summed E-state index contributed by atoms with van der Waals surface area (Å²) >= 11 is 6.09. The number of likely N-dealkylation sites (tertiary alicyclic amines) is 1. The maximum Gasteiger partial charge on any atom is 0.224 e. The molecular formula is C14H23ClN4O2. The van der Waals surface area contributed by atoms with E-state index in [-0.39, 0.29) is 5.91 Å². The van der Waals surface area contributed by atoms with Crippen LogP contribution >= 0.6 is 11.6 Å². The Labute approximate surface area is 130 Å². The highest BCUT2D eigenvalue weighted by Gasteiger charge is 2.22. The van der Waals surface area contributed by atoms with E-state index in [1.54, 1.807) is 18.0 Å². The molecule has 1 amide bonds. The largest absolute Gasteiger partial charge is 0.384 e. The zero-order valence-corrected chi connectivity index (χ0v) is 13.4. The predicted molar refractivity (Wildman–Crippen MR) is 81.2 cm³/mol. The summed E-state index contributed by atoms with van der Waals surface area (Å²) in [6.45, 7) is 2.81.